The van der Waals surface area contributed by atoms with Crippen LogP contribution in [0.2, 0.25) is 0 Å². The number of amides is 3. The second kappa shape index (κ2) is 10.6. The van der Waals surface area contributed by atoms with E-state index in [9.17, 15) is 9.59 Å². The van der Waals surface area contributed by atoms with Crippen LogP contribution in [0.5, 0.6) is 5.75 Å². The topological polar surface area (TPSA) is 92.3 Å². The highest BCUT2D eigenvalue weighted by Crippen LogP contribution is 2.31. The zero-order valence-corrected chi connectivity index (χ0v) is 20.6. The van der Waals surface area contributed by atoms with E-state index in [1.165, 1.54) is 23.1 Å². The number of methoxy groups -OCH3 is 1. The molecule has 3 aromatic carbocycles. The molecule has 0 atom stereocenters. The van der Waals surface area contributed by atoms with Crippen molar-refractivity contribution in [1.29, 1.82) is 0 Å². The maximum Gasteiger partial charge on any atom is 0.323 e. The number of thiazole rings is 1. The molecule has 0 saturated heterocycles. The van der Waals surface area contributed by atoms with Gasteiger partial charge in [-0.15, -0.1) is 11.3 Å². The number of thioether (sulfide) groups is 1. The molecule has 3 N–H and O–H groups in total. The molecule has 0 radical (unpaired) electrons. The van der Waals surface area contributed by atoms with Crippen molar-refractivity contribution < 1.29 is 14.3 Å². The lowest BCUT2D eigenvalue weighted by atomic mass is 10.1. The third-order valence-corrected chi connectivity index (χ3v) is 7.32. The van der Waals surface area contributed by atoms with Gasteiger partial charge in [-0.05, 0) is 61.4 Å². The number of anilines is 3. The van der Waals surface area contributed by atoms with Crippen LogP contribution in [0.3, 0.4) is 0 Å². The molecule has 0 bridgehead atoms. The summed E-state index contributed by atoms with van der Waals surface area (Å²) >= 11 is 2.85. The van der Waals surface area contributed by atoms with Gasteiger partial charge in [0.1, 0.15) is 5.75 Å². The molecule has 4 rings (SSSR count). The van der Waals surface area contributed by atoms with Crippen LogP contribution in [-0.2, 0) is 4.79 Å². The van der Waals surface area contributed by atoms with Crippen molar-refractivity contribution in [2.45, 2.75) is 18.2 Å². The Morgan fingerprint density at radius 3 is 2.59 bits per heavy atom. The first-order valence-electron chi connectivity index (χ1n) is 10.5. The number of carbonyl (C=O) groups excluding carboxylic acids is 2. The van der Waals surface area contributed by atoms with Crippen LogP contribution in [0.1, 0.15) is 11.1 Å². The maximum atomic E-state index is 12.5. The fourth-order valence-electron chi connectivity index (χ4n) is 3.24. The first-order chi connectivity index (χ1) is 16.4. The number of nitrogens with zero attached hydrogens (tertiary/aromatic N) is 1. The van der Waals surface area contributed by atoms with Gasteiger partial charge in [0.25, 0.3) is 0 Å². The van der Waals surface area contributed by atoms with Crippen LogP contribution >= 0.6 is 23.1 Å². The highest BCUT2D eigenvalue weighted by atomic mass is 32.2. The average Bonchev–Trinajstić information content (AvgIpc) is 3.23. The molecule has 0 saturated carbocycles. The molecular weight excluding hydrogens is 468 g/mol. The van der Waals surface area contributed by atoms with Crippen molar-refractivity contribution in [3.05, 3.63) is 71.8 Å². The number of aryl methyl sites for hydroxylation is 1. The number of benzene rings is 3. The van der Waals surface area contributed by atoms with E-state index >= 15 is 0 Å². The van der Waals surface area contributed by atoms with Crippen molar-refractivity contribution in [3.8, 4) is 5.75 Å². The lowest BCUT2D eigenvalue weighted by Gasteiger charge is -2.11. The van der Waals surface area contributed by atoms with Gasteiger partial charge in [-0.25, -0.2) is 9.78 Å². The van der Waals surface area contributed by atoms with Crippen molar-refractivity contribution in [2.24, 2.45) is 0 Å². The monoisotopic (exact) mass is 492 g/mol. The number of hydrogen-bond donors (Lipinski definition) is 3. The first-order valence-corrected chi connectivity index (χ1v) is 12.3. The summed E-state index contributed by atoms with van der Waals surface area (Å²) in [5, 5.41) is 8.63. The minimum atomic E-state index is -0.304. The third-order valence-electron chi connectivity index (χ3n) is 5.16. The molecule has 0 aliphatic heterocycles. The molecule has 1 heterocycles. The van der Waals surface area contributed by atoms with Gasteiger partial charge in [-0.2, -0.15) is 0 Å². The van der Waals surface area contributed by atoms with E-state index in [1.807, 2.05) is 68.4 Å². The Labute approximate surface area is 205 Å². The molecule has 4 aromatic rings. The summed E-state index contributed by atoms with van der Waals surface area (Å²) in [5.41, 5.74) is 5.11. The van der Waals surface area contributed by atoms with Crippen LogP contribution in [0.4, 0.5) is 21.9 Å². The molecule has 1 aromatic heterocycles. The van der Waals surface area contributed by atoms with Crippen LogP contribution in [0.25, 0.3) is 10.2 Å². The van der Waals surface area contributed by atoms with E-state index in [2.05, 4.69) is 20.9 Å². The summed E-state index contributed by atoms with van der Waals surface area (Å²) < 4.78 is 6.89. The third kappa shape index (κ3) is 5.86. The van der Waals surface area contributed by atoms with Crippen LogP contribution < -0.4 is 20.7 Å². The Kier molecular flexibility index (Phi) is 7.34. The summed E-state index contributed by atoms with van der Waals surface area (Å²) in [4.78, 5) is 29.4. The summed E-state index contributed by atoms with van der Waals surface area (Å²) in [5.74, 6) is 0.798. The normalized spacial score (nSPS) is 10.7. The number of ether oxygens (including phenoxy) is 1. The molecule has 0 aliphatic carbocycles. The Balaban J connectivity index is 1.35. The highest BCUT2D eigenvalue weighted by Gasteiger charge is 2.11. The number of rotatable bonds is 7. The minimum Gasteiger partial charge on any atom is -0.497 e. The number of urea groups is 1. The second-order valence-corrected chi connectivity index (χ2v) is 9.81. The fraction of sp³-hybridized carbons (Fsp3) is 0.160. The van der Waals surface area contributed by atoms with Gasteiger partial charge >= 0.3 is 6.03 Å². The molecule has 0 unspecified atom stereocenters. The van der Waals surface area contributed by atoms with E-state index in [0.29, 0.717) is 17.1 Å². The van der Waals surface area contributed by atoms with E-state index < -0.39 is 0 Å². The molecule has 0 spiro atoms. The summed E-state index contributed by atoms with van der Waals surface area (Å²) in [6, 6.07) is 18.3. The Hall–Kier alpha value is -3.56. The van der Waals surface area contributed by atoms with Crippen LogP contribution in [0.15, 0.2) is 65.0 Å². The predicted octanol–water partition coefficient (Wildman–Crippen LogP) is 6.30. The predicted molar refractivity (Wildman–Crippen MR) is 141 cm³/mol. The maximum absolute atomic E-state index is 12.5. The highest BCUT2D eigenvalue weighted by molar-refractivity contribution is 8.01. The molecule has 0 fully saturated rings. The van der Waals surface area contributed by atoms with E-state index in [4.69, 9.17) is 4.74 Å². The zero-order valence-electron chi connectivity index (χ0n) is 19.0. The van der Waals surface area contributed by atoms with E-state index in [1.54, 1.807) is 13.2 Å². The number of carbonyl (C=O) groups is 2. The van der Waals surface area contributed by atoms with Crippen molar-refractivity contribution in [1.82, 2.24) is 4.98 Å². The molecule has 174 valence electrons. The van der Waals surface area contributed by atoms with Gasteiger partial charge in [0.2, 0.25) is 5.91 Å². The van der Waals surface area contributed by atoms with Crippen molar-refractivity contribution in [3.63, 3.8) is 0 Å². The van der Waals surface area contributed by atoms with Crippen LogP contribution in [-0.4, -0.2) is 29.8 Å². The quantitative estimate of drug-likeness (QED) is 0.263. The summed E-state index contributed by atoms with van der Waals surface area (Å²) in [6.07, 6.45) is 0. The SMILES string of the molecule is COc1cccc(NC(=O)CSc2nc3ccc(NC(=O)Nc4cccc(C)c4C)cc3s2)c1. The Morgan fingerprint density at radius 1 is 0.971 bits per heavy atom. The summed E-state index contributed by atoms with van der Waals surface area (Å²) in [6.45, 7) is 3.98. The molecule has 3 amide bonds. The standard InChI is InChI=1S/C25H24N4O3S2/c1-15-6-4-9-20(16(15)2)28-24(31)27-18-10-11-21-22(13-18)34-25(29-21)33-14-23(30)26-17-7-5-8-19(12-17)32-3/h4-13H,14H2,1-3H3,(H,26,30)(H2,27,28,31). The molecule has 34 heavy (non-hydrogen) atoms. The molecular formula is C25H24N4O3S2. The summed E-state index contributed by atoms with van der Waals surface area (Å²) in [7, 11) is 1.59. The second-order valence-electron chi connectivity index (χ2n) is 7.56. The largest absolute Gasteiger partial charge is 0.497 e. The molecule has 9 heteroatoms. The van der Waals surface area contributed by atoms with Crippen LogP contribution in [0, 0.1) is 13.8 Å². The van der Waals surface area contributed by atoms with Crippen molar-refractivity contribution >= 4 is 62.3 Å². The van der Waals surface area contributed by atoms with Gasteiger partial charge in [0.15, 0.2) is 4.34 Å². The lowest BCUT2D eigenvalue weighted by Crippen LogP contribution is -2.20. The number of hydrogen-bond acceptors (Lipinski definition) is 6. The fourth-order valence-corrected chi connectivity index (χ4v) is 5.15. The van der Waals surface area contributed by atoms with Crippen molar-refractivity contribution in [2.75, 3.05) is 28.8 Å². The first kappa shape index (κ1) is 23.6. The smallest absolute Gasteiger partial charge is 0.323 e. The van der Waals surface area contributed by atoms with Gasteiger partial charge in [-0.3, -0.25) is 4.79 Å². The number of fused-ring (bicyclic) bond motifs is 1. The molecule has 0 aliphatic rings. The van der Waals surface area contributed by atoms with E-state index in [0.717, 1.165) is 31.4 Å². The van der Waals surface area contributed by atoms with Gasteiger partial charge in [0, 0.05) is 23.1 Å². The van der Waals surface area contributed by atoms with Gasteiger partial charge in [0.05, 0.1) is 23.1 Å². The lowest BCUT2D eigenvalue weighted by molar-refractivity contribution is -0.113. The minimum absolute atomic E-state index is 0.122. The number of nitrogens with one attached hydrogen (secondary N) is 3. The van der Waals surface area contributed by atoms with E-state index in [-0.39, 0.29) is 17.7 Å². The average molecular weight is 493 g/mol. The molecule has 7 nitrogen and oxygen atoms in total. The zero-order chi connectivity index (χ0) is 24.1. The Bertz CT molecular complexity index is 1350. The Morgan fingerprint density at radius 2 is 1.76 bits per heavy atom. The van der Waals surface area contributed by atoms with Gasteiger partial charge < -0.3 is 20.7 Å². The van der Waals surface area contributed by atoms with Gasteiger partial charge in [-0.1, -0.05) is 30.0 Å². The number of aromatic nitrogens is 1.